The van der Waals surface area contributed by atoms with E-state index in [1.165, 1.54) is 11.2 Å². The lowest BCUT2D eigenvalue weighted by Crippen LogP contribution is -2.48. The van der Waals surface area contributed by atoms with Crippen LogP contribution in [0.4, 0.5) is 0 Å². The molecule has 1 aliphatic heterocycles. The average molecular weight is 278 g/mol. The molecule has 1 saturated heterocycles. The maximum Gasteiger partial charge on any atom is 0.325 e. The van der Waals surface area contributed by atoms with Crippen molar-refractivity contribution in [3.8, 4) is 0 Å². The van der Waals surface area contributed by atoms with E-state index in [4.69, 9.17) is 5.11 Å². The zero-order valence-electron chi connectivity index (χ0n) is 10.4. The number of nitrogens with zero attached hydrogens (tertiary/aromatic N) is 1. The summed E-state index contributed by atoms with van der Waals surface area (Å²) >= 11 is 0. The number of piperidine rings is 1. The first-order valence-electron chi connectivity index (χ1n) is 5.70. The van der Waals surface area contributed by atoms with Crippen molar-refractivity contribution in [3.63, 3.8) is 0 Å². The SMILES string of the molecule is CC(NC(=O)C1CCCN(S(C)(=O)=O)C1)C(=O)O. The Balaban J connectivity index is 2.62. The topological polar surface area (TPSA) is 104 Å². The van der Waals surface area contributed by atoms with Crippen molar-refractivity contribution in [3.05, 3.63) is 0 Å². The summed E-state index contributed by atoms with van der Waals surface area (Å²) in [6.07, 6.45) is 2.28. The van der Waals surface area contributed by atoms with Gasteiger partial charge in [-0.3, -0.25) is 9.59 Å². The zero-order valence-corrected chi connectivity index (χ0v) is 11.2. The molecular formula is C10H18N2O5S. The largest absolute Gasteiger partial charge is 0.480 e. The fraction of sp³-hybridized carbons (Fsp3) is 0.800. The van der Waals surface area contributed by atoms with Gasteiger partial charge in [0.1, 0.15) is 6.04 Å². The van der Waals surface area contributed by atoms with Crippen molar-refractivity contribution in [1.29, 1.82) is 0 Å². The maximum absolute atomic E-state index is 11.8. The first-order valence-corrected chi connectivity index (χ1v) is 7.55. The summed E-state index contributed by atoms with van der Waals surface area (Å²) < 4.78 is 24.0. The van der Waals surface area contributed by atoms with Gasteiger partial charge >= 0.3 is 5.97 Å². The van der Waals surface area contributed by atoms with Crippen molar-refractivity contribution < 1.29 is 23.1 Å². The van der Waals surface area contributed by atoms with Crippen LogP contribution in [0.2, 0.25) is 0 Å². The van der Waals surface area contributed by atoms with Gasteiger partial charge in [-0.05, 0) is 19.8 Å². The molecule has 1 amide bonds. The highest BCUT2D eigenvalue weighted by atomic mass is 32.2. The van der Waals surface area contributed by atoms with E-state index < -0.39 is 33.9 Å². The Bertz CT molecular complexity index is 434. The van der Waals surface area contributed by atoms with Gasteiger partial charge in [0.25, 0.3) is 0 Å². The molecule has 18 heavy (non-hydrogen) atoms. The van der Waals surface area contributed by atoms with E-state index in [0.29, 0.717) is 19.4 Å². The summed E-state index contributed by atoms with van der Waals surface area (Å²) in [7, 11) is -3.30. The number of carbonyl (C=O) groups is 2. The van der Waals surface area contributed by atoms with Gasteiger partial charge in [-0.15, -0.1) is 0 Å². The van der Waals surface area contributed by atoms with Crippen molar-refractivity contribution in [2.45, 2.75) is 25.8 Å². The number of carboxylic acids is 1. The van der Waals surface area contributed by atoms with Crippen LogP contribution in [0.3, 0.4) is 0 Å². The summed E-state index contributed by atoms with van der Waals surface area (Å²) in [4.78, 5) is 22.4. The van der Waals surface area contributed by atoms with Crippen LogP contribution in [0, 0.1) is 5.92 Å². The third-order valence-corrected chi connectivity index (χ3v) is 4.22. The monoisotopic (exact) mass is 278 g/mol. The van der Waals surface area contributed by atoms with Gasteiger partial charge in [-0.2, -0.15) is 0 Å². The zero-order chi connectivity index (χ0) is 13.9. The minimum Gasteiger partial charge on any atom is -0.480 e. The average Bonchev–Trinajstić information content (AvgIpc) is 2.27. The Morgan fingerprint density at radius 2 is 2.06 bits per heavy atom. The second-order valence-corrected chi connectivity index (χ2v) is 6.51. The van der Waals surface area contributed by atoms with Crippen LogP contribution in [-0.4, -0.2) is 55.1 Å². The molecule has 2 N–H and O–H groups in total. The fourth-order valence-electron chi connectivity index (χ4n) is 1.85. The van der Waals surface area contributed by atoms with E-state index in [0.717, 1.165) is 6.26 Å². The Labute approximate surface area is 106 Å². The molecule has 0 bridgehead atoms. The van der Waals surface area contributed by atoms with Gasteiger partial charge in [0.15, 0.2) is 0 Å². The van der Waals surface area contributed by atoms with Crippen LogP contribution in [-0.2, 0) is 19.6 Å². The van der Waals surface area contributed by atoms with Gasteiger partial charge in [-0.25, -0.2) is 12.7 Å². The van der Waals surface area contributed by atoms with Gasteiger partial charge < -0.3 is 10.4 Å². The molecule has 1 fully saturated rings. The van der Waals surface area contributed by atoms with Gasteiger partial charge in [0.2, 0.25) is 15.9 Å². The number of amides is 1. The van der Waals surface area contributed by atoms with Crippen LogP contribution in [0.25, 0.3) is 0 Å². The van der Waals surface area contributed by atoms with Crippen molar-refractivity contribution in [2.75, 3.05) is 19.3 Å². The molecule has 2 atom stereocenters. The highest BCUT2D eigenvalue weighted by Gasteiger charge is 2.31. The molecule has 1 rings (SSSR count). The lowest BCUT2D eigenvalue weighted by atomic mass is 9.98. The Hall–Kier alpha value is -1.15. The standard InChI is InChI=1S/C10H18N2O5S/c1-7(10(14)15)11-9(13)8-4-3-5-12(6-8)18(2,16)17/h7-8H,3-6H2,1-2H3,(H,11,13)(H,14,15). The van der Waals surface area contributed by atoms with Gasteiger partial charge in [0.05, 0.1) is 12.2 Å². The Morgan fingerprint density at radius 3 is 2.56 bits per heavy atom. The molecule has 7 nitrogen and oxygen atoms in total. The fourth-order valence-corrected chi connectivity index (χ4v) is 2.76. The number of rotatable bonds is 4. The summed E-state index contributed by atoms with van der Waals surface area (Å²) in [5.74, 6) is -1.99. The number of aliphatic carboxylic acids is 1. The summed E-state index contributed by atoms with van der Waals surface area (Å²) in [6, 6.07) is -0.967. The third kappa shape index (κ3) is 3.95. The molecule has 1 aliphatic rings. The maximum atomic E-state index is 11.8. The number of carbonyl (C=O) groups excluding carboxylic acids is 1. The summed E-state index contributed by atoms with van der Waals surface area (Å²) in [6.45, 7) is 1.91. The second kappa shape index (κ2) is 5.66. The van der Waals surface area contributed by atoms with E-state index in [2.05, 4.69) is 5.32 Å². The van der Waals surface area contributed by atoms with Gasteiger partial charge in [0, 0.05) is 13.1 Å². The molecule has 0 aromatic rings. The molecule has 8 heteroatoms. The molecule has 104 valence electrons. The van der Waals surface area contributed by atoms with E-state index >= 15 is 0 Å². The first-order chi connectivity index (χ1) is 8.21. The minimum atomic E-state index is -3.30. The van der Waals surface area contributed by atoms with E-state index in [-0.39, 0.29) is 6.54 Å². The second-order valence-electron chi connectivity index (χ2n) is 4.53. The Morgan fingerprint density at radius 1 is 1.44 bits per heavy atom. The molecule has 0 aromatic heterocycles. The minimum absolute atomic E-state index is 0.122. The molecule has 0 saturated carbocycles. The van der Waals surface area contributed by atoms with Crippen LogP contribution in [0.1, 0.15) is 19.8 Å². The van der Waals surface area contributed by atoms with Crippen LogP contribution >= 0.6 is 0 Å². The summed E-state index contributed by atoms with van der Waals surface area (Å²) in [5, 5.41) is 11.1. The smallest absolute Gasteiger partial charge is 0.325 e. The number of hydrogen-bond donors (Lipinski definition) is 2. The molecule has 0 radical (unpaired) electrons. The molecule has 0 aromatic carbocycles. The summed E-state index contributed by atoms with van der Waals surface area (Å²) in [5.41, 5.74) is 0. The Kier molecular flexibility index (Phi) is 4.69. The van der Waals surface area contributed by atoms with E-state index in [9.17, 15) is 18.0 Å². The molecular weight excluding hydrogens is 260 g/mol. The van der Waals surface area contributed by atoms with Crippen molar-refractivity contribution in [1.82, 2.24) is 9.62 Å². The first kappa shape index (κ1) is 14.9. The molecule has 0 aliphatic carbocycles. The van der Waals surface area contributed by atoms with Crippen LogP contribution in [0.15, 0.2) is 0 Å². The number of carboxylic acid groups (broad SMARTS) is 1. The van der Waals surface area contributed by atoms with Gasteiger partial charge in [-0.1, -0.05) is 0 Å². The van der Waals surface area contributed by atoms with E-state index in [1.807, 2.05) is 0 Å². The number of nitrogens with one attached hydrogen (secondary N) is 1. The third-order valence-electron chi connectivity index (χ3n) is 2.95. The molecule has 0 spiro atoms. The van der Waals surface area contributed by atoms with Crippen molar-refractivity contribution in [2.24, 2.45) is 5.92 Å². The lowest BCUT2D eigenvalue weighted by Gasteiger charge is -2.30. The molecule has 1 heterocycles. The predicted octanol–water partition coefficient (Wildman–Crippen LogP) is -0.753. The molecule has 2 unspecified atom stereocenters. The van der Waals surface area contributed by atoms with Crippen molar-refractivity contribution >= 4 is 21.9 Å². The quantitative estimate of drug-likeness (QED) is 0.704. The normalized spacial score (nSPS) is 23.3. The van der Waals surface area contributed by atoms with E-state index in [1.54, 1.807) is 0 Å². The number of hydrogen-bond acceptors (Lipinski definition) is 4. The highest BCUT2D eigenvalue weighted by molar-refractivity contribution is 7.88. The van der Waals surface area contributed by atoms with Crippen LogP contribution < -0.4 is 5.32 Å². The number of sulfonamides is 1. The predicted molar refractivity (Wildman–Crippen MR) is 64.4 cm³/mol. The van der Waals surface area contributed by atoms with Crippen LogP contribution in [0.5, 0.6) is 0 Å². The highest BCUT2D eigenvalue weighted by Crippen LogP contribution is 2.18. The lowest BCUT2D eigenvalue weighted by molar-refractivity contribution is -0.142.